The van der Waals surface area contributed by atoms with Crippen molar-refractivity contribution >= 4 is 45.0 Å². The number of thiophene rings is 1. The van der Waals surface area contributed by atoms with E-state index in [0.717, 1.165) is 83.1 Å². The number of nitrogens with one attached hydrogen (secondary N) is 1. The highest BCUT2D eigenvalue weighted by Gasteiger charge is 2.27. The lowest BCUT2D eigenvalue weighted by molar-refractivity contribution is -0.119. The number of carbonyl (C=O) groups is 3. The van der Waals surface area contributed by atoms with Gasteiger partial charge in [0.2, 0.25) is 0 Å². The van der Waals surface area contributed by atoms with Gasteiger partial charge in [-0.1, -0.05) is 11.6 Å². The van der Waals surface area contributed by atoms with Crippen molar-refractivity contribution in [2.75, 3.05) is 11.9 Å². The molecule has 0 spiro atoms. The summed E-state index contributed by atoms with van der Waals surface area (Å²) in [5.41, 5.74) is 11.0. The van der Waals surface area contributed by atoms with Gasteiger partial charge in [-0.25, -0.2) is 4.79 Å². The van der Waals surface area contributed by atoms with Crippen molar-refractivity contribution in [3.63, 3.8) is 0 Å². The van der Waals surface area contributed by atoms with E-state index in [-0.39, 0.29) is 0 Å². The number of anilines is 1. The van der Waals surface area contributed by atoms with Gasteiger partial charge in [0.25, 0.3) is 11.8 Å². The van der Waals surface area contributed by atoms with Gasteiger partial charge in [-0.2, -0.15) is 0 Å². The van der Waals surface area contributed by atoms with Crippen LogP contribution < -0.4 is 11.1 Å². The predicted molar refractivity (Wildman–Crippen MR) is 127 cm³/mol. The van der Waals surface area contributed by atoms with Crippen molar-refractivity contribution in [1.82, 2.24) is 4.98 Å². The maximum atomic E-state index is 13.2. The van der Waals surface area contributed by atoms with Crippen LogP contribution in [0.25, 0.3) is 10.9 Å². The van der Waals surface area contributed by atoms with Crippen molar-refractivity contribution in [2.45, 2.75) is 51.9 Å². The van der Waals surface area contributed by atoms with Gasteiger partial charge >= 0.3 is 5.97 Å². The number of nitrogens with zero attached hydrogens (tertiary/aromatic N) is 1. The molecule has 2 heterocycles. The van der Waals surface area contributed by atoms with E-state index in [1.54, 1.807) is 0 Å². The molecule has 5 rings (SSSR count). The molecule has 0 aliphatic heterocycles. The quantitative estimate of drug-likeness (QED) is 0.558. The molecule has 33 heavy (non-hydrogen) atoms. The summed E-state index contributed by atoms with van der Waals surface area (Å²) in [6.07, 6.45) is 6.29. The van der Waals surface area contributed by atoms with Crippen LogP contribution >= 0.6 is 11.3 Å². The van der Waals surface area contributed by atoms with Gasteiger partial charge in [-0.05, 0) is 75.1 Å². The first-order valence-corrected chi connectivity index (χ1v) is 12.1. The highest BCUT2D eigenvalue weighted by Crippen LogP contribution is 2.38. The van der Waals surface area contributed by atoms with Crippen molar-refractivity contribution in [3.05, 3.63) is 56.6 Å². The fraction of sp³-hybridized carbons (Fsp3) is 0.360. The number of aromatic nitrogens is 1. The Balaban J connectivity index is 1.37. The zero-order valence-corrected chi connectivity index (χ0v) is 19.3. The minimum atomic E-state index is -0.549. The summed E-state index contributed by atoms with van der Waals surface area (Å²) in [5, 5.41) is 3.92. The maximum Gasteiger partial charge on any atom is 0.339 e. The smallest absolute Gasteiger partial charge is 0.339 e. The molecule has 3 aromatic rings. The Morgan fingerprint density at radius 1 is 1.06 bits per heavy atom. The normalized spacial score (nSPS) is 14.6. The standard InChI is InChI=1S/C25H25N3O4S/c1-13-9-10-18-16(11-13)21(14-5-2-3-7-17(14)27-18)25(31)32-12-20(29)28-24-22(23(26)30)15-6-4-8-19(15)33-24/h9-11H,2-8,12H2,1H3,(H2,26,30)(H,28,29). The third-order valence-electron chi connectivity index (χ3n) is 6.38. The van der Waals surface area contributed by atoms with E-state index in [1.807, 2.05) is 25.1 Å². The molecule has 2 amide bonds. The summed E-state index contributed by atoms with van der Waals surface area (Å²) < 4.78 is 5.46. The Bertz CT molecular complexity index is 1310. The van der Waals surface area contributed by atoms with E-state index >= 15 is 0 Å². The molecule has 3 N–H and O–H groups in total. The lowest BCUT2D eigenvalue weighted by Gasteiger charge is -2.20. The molecule has 2 aliphatic rings. The van der Waals surface area contributed by atoms with Gasteiger partial charge in [-0.15, -0.1) is 11.3 Å². The number of primary amides is 1. The monoisotopic (exact) mass is 463 g/mol. The van der Waals surface area contributed by atoms with Gasteiger partial charge in [-0.3, -0.25) is 14.6 Å². The third-order valence-corrected chi connectivity index (χ3v) is 7.58. The van der Waals surface area contributed by atoms with E-state index in [4.69, 9.17) is 15.5 Å². The molecule has 2 aliphatic carbocycles. The van der Waals surface area contributed by atoms with Crippen LogP contribution in [0.15, 0.2) is 18.2 Å². The number of ether oxygens (including phenoxy) is 1. The molecule has 0 saturated carbocycles. The number of amides is 2. The van der Waals surface area contributed by atoms with Crippen LogP contribution in [0.4, 0.5) is 5.00 Å². The second-order valence-corrected chi connectivity index (χ2v) is 9.79. The van der Waals surface area contributed by atoms with Crippen LogP contribution in [0.5, 0.6) is 0 Å². The third kappa shape index (κ3) is 3.99. The average molecular weight is 464 g/mol. The number of benzene rings is 1. The minimum absolute atomic E-state index is 0.386. The molecule has 0 bridgehead atoms. The molecule has 0 fully saturated rings. The number of pyridine rings is 1. The number of aryl methyl sites for hydroxylation is 3. The SMILES string of the molecule is Cc1ccc2nc3c(c(C(=O)OCC(=O)Nc4sc5c(c4C(N)=O)CCC5)c2c1)CCCC3. The molecular weight excluding hydrogens is 438 g/mol. The molecule has 1 aromatic carbocycles. The Morgan fingerprint density at radius 3 is 2.67 bits per heavy atom. The van der Waals surface area contributed by atoms with Crippen LogP contribution in [-0.2, 0) is 35.2 Å². The lowest BCUT2D eigenvalue weighted by atomic mass is 9.89. The van der Waals surface area contributed by atoms with Crippen LogP contribution in [0.1, 0.15) is 67.2 Å². The van der Waals surface area contributed by atoms with Crippen molar-refractivity contribution < 1.29 is 19.1 Å². The Kier molecular flexibility index (Phi) is 5.62. The van der Waals surface area contributed by atoms with E-state index in [2.05, 4.69) is 5.32 Å². The minimum Gasteiger partial charge on any atom is -0.452 e. The molecule has 0 radical (unpaired) electrons. The Hall–Kier alpha value is -3.26. The van der Waals surface area contributed by atoms with Gasteiger partial charge in [0.1, 0.15) is 5.00 Å². The van der Waals surface area contributed by atoms with Gasteiger partial charge in [0, 0.05) is 16.0 Å². The summed E-state index contributed by atoms with van der Waals surface area (Å²) >= 11 is 1.38. The number of rotatable bonds is 5. The predicted octanol–water partition coefficient (Wildman–Crippen LogP) is 3.87. The summed E-state index contributed by atoms with van der Waals surface area (Å²) in [5.74, 6) is -1.56. The van der Waals surface area contributed by atoms with Gasteiger partial charge in [0.15, 0.2) is 6.61 Å². The van der Waals surface area contributed by atoms with Crippen molar-refractivity contribution in [3.8, 4) is 0 Å². The van der Waals surface area contributed by atoms with E-state index in [0.29, 0.717) is 16.1 Å². The molecule has 0 saturated heterocycles. The molecule has 170 valence electrons. The molecule has 0 unspecified atom stereocenters. The Morgan fingerprint density at radius 2 is 1.85 bits per heavy atom. The van der Waals surface area contributed by atoms with Crippen LogP contribution in [-0.4, -0.2) is 29.4 Å². The van der Waals surface area contributed by atoms with Gasteiger partial charge < -0.3 is 15.8 Å². The number of fused-ring (bicyclic) bond motifs is 3. The Labute approximate surface area is 195 Å². The number of nitrogens with two attached hydrogens (primary N) is 1. The van der Waals surface area contributed by atoms with E-state index < -0.39 is 24.4 Å². The molecule has 0 atom stereocenters. The second kappa shape index (κ2) is 8.59. The summed E-state index contributed by atoms with van der Waals surface area (Å²) in [6, 6.07) is 5.84. The molecule has 7 nitrogen and oxygen atoms in total. The number of hydrogen-bond donors (Lipinski definition) is 2. The first kappa shape index (κ1) is 21.6. The van der Waals surface area contributed by atoms with Crippen molar-refractivity contribution in [1.29, 1.82) is 0 Å². The fourth-order valence-corrected chi connectivity index (χ4v) is 6.20. The zero-order valence-electron chi connectivity index (χ0n) is 18.5. The fourth-order valence-electron chi connectivity index (χ4n) is 4.89. The maximum absolute atomic E-state index is 13.2. The highest BCUT2D eigenvalue weighted by atomic mass is 32.1. The first-order chi connectivity index (χ1) is 15.9. The summed E-state index contributed by atoms with van der Waals surface area (Å²) in [4.78, 5) is 43.6. The first-order valence-electron chi connectivity index (χ1n) is 11.3. The number of esters is 1. The van der Waals surface area contributed by atoms with Crippen LogP contribution in [0.2, 0.25) is 0 Å². The molecule has 2 aromatic heterocycles. The number of hydrogen-bond acceptors (Lipinski definition) is 6. The summed E-state index contributed by atoms with van der Waals surface area (Å²) in [6.45, 7) is 1.53. The van der Waals surface area contributed by atoms with Crippen LogP contribution in [0, 0.1) is 6.92 Å². The molecule has 8 heteroatoms. The topological polar surface area (TPSA) is 111 Å². The van der Waals surface area contributed by atoms with Gasteiger partial charge in [0.05, 0.1) is 16.6 Å². The summed E-state index contributed by atoms with van der Waals surface area (Å²) in [7, 11) is 0. The average Bonchev–Trinajstić information content (AvgIpc) is 3.36. The van der Waals surface area contributed by atoms with E-state index in [1.165, 1.54) is 11.3 Å². The number of carbonyl (C=O) groups excluding carboxylic acids is 3. The van der Waals surface area contributed by atoms with Crippen LogP contribution in [0.3, 0.4) is 0 Å². The van der Waals surface area contributed by atoms with E-state index in [9.17, 15) is 14.4 Å². The highest BCUT2D eigenvalue weighted by molar-refractivity contribution is 7.17. The molecular formula is C25H25N3O4S. The second-order valence-electron chi connectivity index (χ2n) is 8.69. The zero-order chi connectivity index (χ0) is 23.1. The van der Waals surface area contributed by atoms with Crippen molar-refractivity contribution in [2.24, 2.45) is 5.73 Å². The largest absolute Gasteiger partial charge is 0.452 e. The lowest BCUT2D eigenvalue weighted by Crippen LogP contribution is -2.24.